The molecular weight excluding hydrogens is 787 g/mol. The van der Waals surface area contributed by atoms with Gasteiger partial charge in [0.1, 0.15) is 6.07 Å². The summed E-state index contributed by atoms with van der Waals surface area (Å²) in [5, 5.41) is 15.1. The number of rotatable bonds is 7. The maximum Gasteiger partial charge on any atom is 0.238 e. The van der Waals surface area contributed by atoms with Crippen LogP contribution in [0.1, 0.15) is 5.56 Å². The second kappa shape index (κ2) is 15.1. The Labute approximate surface area is 366 Å². The predicted octanol–water partition coefficient (Wildman–Crippen LogP) is 12.5. The number of hydrogen-bond donors (Lipinski definition) is 0. The Kier molecular flexibility index (Phi) is 8.66. The van der Waals surface area contributed by atoms with Gasteiger partial charge in [-0.05, 0) is 36.4 Å². The summed E-state index contributed by atoms with van der Waals surface area (Å²) in [6, 6.07) is 69.3. The molecule has 0 unspecified atom stereocenters. The highest BCUT2D eigenvalue weighted by Crippen LogP contribution is 2.42. The number of fused-ring (bicyclic) bond motifs is 7. The van der Waals surface area contributed by atoms with Gasteiger partial charge >= 0.3 is 0 Å². The van der Waals surface area contributed by atoms with Crippen molar-refractivity contribution in [3.63, 3.8) is 0 Å². The molecule has 4 aromatic heterocycles. The van der Waals surface area contributed by atoms with E-state index in [2.05, 4.69) is 69.8 Å². The fourth-order valence-corrected chi connectivity index (χ4v) is 8.77. The number of aromatic nitrogens is 8. The van der Waals surface area contributed by atoms with Crippen LogP contribution in [-0.2, 0) is 0 Å². The smallest absolute Gasteiger partial charge is 0.238 e. The largest absolute Gasteiger partial charge is 0.308 e. The van der Waals surface area contributed by atoms with Crippen molar-refractivity contribution in [3.05, 3.63) is 206 Å². The highest BCUT2D eigenvalue weighted by atomic mass is 15.2. The monoisotopic (exact) mass is 819 g/mol. The highest BCUT2D eigenvalue weighted by molar-refractivity contribution is 6.26. The quantitative estimate of drug-likeness (QED) is 0.157. The van der Waals surface area contributed by atoms with Crippen molar-refractivity contribution < 1.29 is 0 Å². The van der Waals surface area contributed by atoms with E-state index < -0.39 is 0 Å². The van der Waals surface area contributed by atoms with Crippen LogP contribution in [0, 0.1) is 11.3 Å². The Morgan fingerprint density at radius 3 is 1.30 bits per heavy atom. The summed E-state index contributed by atoms with van der Waals surface area (Å²) in [7, 11) is 0. The lowest BCUT2D eigenvalue weighted by Gasteiger charge is -2.13. The molecular formula is C55H33N9. The van der Waals surface area contributed by atoms with Gasteiger partial charge in [-0.15, -0.1) is 0 Å². The van der Waals surface area contributed by atoms with E-state index in [0.717, 1.165) is 71.6 Å². The first-order chi connectivity index (χ1) is 31.7. The fraction of sp³-hybridized carbons (Fsp3) is 0. The lowest BCUT2D eigenvalue weighted by atomic mass is 10.1. The van der Waals surface area contributed by atoms with E-state index in [1.807, 2.05) is 146 Å². The molecule has 0 saturated heterocycles. The SMILES string of the molecule is N#Cc1cc(-c2nc(-c3ccccc3)nc(-c3ccccc3)n2)ccc1-n1c2ccccc2c2c1ccc1c3ccccc3n(-c3nc(-c4ccccc4)nc(-c4ccccc4)n3)c12. The minimum absolute atomic E-state index is 0.473. The molecule has 0 atom stereocenters. The van der Waals surface area contributed by atoms with Crippen LogP contribution in [0.4, 0.5) is 0 Å². The molecule has 9 nitrogen and oxygen atoms in total. The molecule has 64 heavy (non-hydrogen) atoms. The zero-order chi connectivity index (χ0) is 42.6. The number of nitrogens with zero attached hydrogens (tertiary/aromatic N) is 9. The third-order valence-electron chi connectivity index (χ3n) is 11.7. The Bertz CT molecular complexity index is 3670. The Morgan fingerprint density at radius 2 is 0.781 bits per heavy atom. The van der Waals surface area contributed by atoms with Gasteiger partial charge in [-0.3, -0.25) is 4.57 Å². The van der Waals surface area contributed by atoms with Gasteiger partial charge in [-0.1, -0.05) is 164 Å². The minimum atomic E-state index is 0.473. The molecule has 12 aromatic rings. The van der Waals surface area contributed by atoms with E-state index in [4.69, 9.17) is 29.9 Å². The van der Waals surface area contributed by atoms with Gasteiger partial charge in [0.05, 0.1) is 33.3 Å². The van der Waals surface area contributed by atoms with E-state index >= 15 is 0 Å². The predicted molar refractivity (Wildman–Crippen MR) is 254 cm³/mol. The van der Waals surface area contributed by atoms with Crippen LogP contribution in [0.15, 0.2) is 200 Å². The van der Waals surface area contributed by atoms with Crippen molar-refractivity contribution in [1.29, 1.82) is 5.26 Å². The normalized spacial score (nSPS) is 11.4. The molecule has 0 amide bonds. The topological polar surface area (TPSA) is 111 Å². The summed E-state index contributed by atoms with van der Waals surface area (Å²) in [5.41, 5.74) is 9.26. The van der Waals surface area contributed by atoms with Gasteiger partial charge < -0.3 is 4.57 Å². The van der Waals surface area contributed by atoms with Gasteiger partial charge in [0.25, 0.3) is 0 Å². The third-order valence-corrected chi connectivity index (χ3v) is 11.7. The summed E-state index contributed by atoms with van der Waals surface area (Å²) in [6.07, 6.45) is 0. The van der Waals surface area contributed by atoms with Gasteiger partial charge in [0.15, 0.2) is 29.1 Å². The van der Waals surface area contributed by atoms with Gasteiger partial charge in [0, 0.05) is 49.4 Å². The van der Waals surface area contributed by atoms with E-state index in [9.17, 15) is 5.26 Å². The zero-order valence-corrected chi connectivity index (χ0v) is 34.1. The lowest BCUT2D eigenvalue weighted by Crippen LogP contribution is -2.06. The second-order valence-corrected chi connectivity index (χ2v) is 15.5. The first-order valence-electron chi connectivity index (χ1n) is 20.9. The number of para-hydroxylation sites is 2. The van der Waals surface area contributed by atoms with E-state index in [-0.39, 0.29) is 0 Å². The standard InChI is InChI=1S/C55H33N9/c56-34-40-33-39(54-58-50(35-17-5-1-6-18-35)57-51(59-54)36-19-7-2-8-20-36)29-31-44(40)63-46-28-16-14-26-43(46)48-47(63)32-30-42-41-25-13-15-27-45(41)64(49(42)48)55-61-52(37-21-9-3-10-22-37)60-53(62-55)38-23-11-4-12-24-38/h1-33H. The van der Waals surface area contributed by atoms with Crippen LogP contribution in [-0.4, -0.2) is 39.0 Å². The van der Waals surface area contributed by atoms with Crippen molar-refractivity contribution in [3.8, 4) is 74.6 Å². The molecule has 12 rings (SSSR count). The molecule has 9 heteroatoms. The maximum atomic E-state index is 11.0. The molecule has 0 spiro atoms. The Balaban J connectivity index is 1.10. The molecule has 0 fully saturated rings. The molecule has 0 aliphatic carbocycles. The lowest BCUT2D eigenvalue weighted by molar-refractivity contribution is 0.955. The Hall–Kier alpha value is -9.13. The molecule has 8 aromatic carbocycles. The maximum absolute atomic E-state index is 11.0. The minimum Gasteiger partial charge on any atom is -0.308 e. The number of nitriles is 1. The third kappa shape index (κ3) is 6.09. The fourth-order valence-electron chi connectivity index (χ4n) is 8.77. The summed E-state index contributed by atoms with van der Waals surface area (Å²) in [5.74, 6) is 3.25. The van der Waals surface area contributed by atoms with E-state index in [1.165, 1.54) is 0 Å². The van der Waals surface area contributed by atoms with Crippen molar-refractivity contribution in [2.24, 2.45) is 0 Å². The number of benzene rings is 8. The molecule has 0 bridgehead atoms. The molecule has 0 radical (unpaired) electrons. The molecule has 0 N–H and O–H groups in total. The van der Waals surface area contributed by atoms with E-state index in [0.29, 0.717) is 46.2 Å². The van der Waals surface area contributed by atoms with Crippen molar-refractivity contribution >= 4 is 43.6 Å². The first kappa shape index (κ1) is 36.7. The van der Waals surface area contributed by atoms with Crippen LogP contribution in [0.2, 0.25) is 0 Å². The van der Waals surface area contributed by atoms with Crippen LogP contribution in [0.3, 0.4) is 0 Å². The summed E-state index contributed by atoms with van der Waals surface area (Å²) in [4.78, 5) is 30.2. The molecule has 0 saturated carbocycles. The molecule has 0 aliphatic rings. The number of hydrogen-bond acceptors (Lipinski definition) is 7. The highest BCUT2D eigenvalue weighted by Gasteiger charge is 2.24. The average Bonchev–Trinajstić information content (AvgIpc) is 3.90. The van der Waals surface area contributed by atoms with Crippen LogP contribution < -0.4 is 0 Å². The van der Waals surface area contributed by atoms with Gasteiger partial charge in [0.2, 0.25) is 5.95 Å². The van der Waals surface area contributed by atoms with Crippen molar-refractivity contribution in [2.75, 3.05) is 0 Å². The summed E-state index contributed by atoms with van der Waals surface area (Å²) < 4.78 is 4.36. The summed E-state index contributed by atoms with van der Waals surface area (Å²) in [6.45, 7) is 0. The van der Waals surface area contributed by atoms with Gasteiger partial charge in [-0.25, -0.2) is 19.9 Å². The van der Waals surface area contributed by atoms with Crippen LogP contribution >= 0.6 is 0 Å². The zero-order valence-electron chi connectivity index (χ0n) is 34.1. The first-order valence-corrected chi connectivity index (χ1v) is 20.9. The van der Waals surface area contributed by atoms with Crippen LogP contribution in [0.5, 0.6) is 0 Å². The van der Waals surface area contributed by atoms with Crippen molar-refractivity contribution in [1.82, 2.24) is 39.0 Å². The Morgan fingerprint density at radius 1 is 0.344 bits per heavy atom. The van der Waals surface area contributed by atoms with Gasteiger partial charge in [-0.2, -0.15) is 15.2 Å². The molecule has 0 aliphatic heterocycles. The summed E-state index contributed by atoms with van der Waals surface area (Å²) >= 11 is 0. The second-order valence-electron chi connectivity index (χ2n) is 15.5. The van der Waals surface area contributed by atoms with Crippen molar-refractivity contribution in [2.45, 2.75) is 0 Å². The molecule has 4 heterocycles. The van der Waals surface area contributed by atoms with E-state index in [1.54, 1.807) is 0 Å². The van der Waals surface area contributed by atoms with Crippen LogP contribution in [0.25, 0.3) is 112 Å². The average molecular weight is 820 g/mol. The molecule has 298 valence electrons.